The molecule has 0 bridgehead atoms. The highest BCUT2D eigenvalue weighted by Gasteiger charge is 2.07. The number of hydrogen-bond acceptors (Lipinski definition) is 7. The van der Waals surface area contributed by atoms with E-state index in [4.69, 9.17) is 9.47 Å². The minimum atomic E-state index is 0.308. The summed E-state index contributed by atoms with van der Waals surface area (Å²) in [5.74, 6) is 1.04. The molecule has 1 N–H and O–H groups in total. The Kier molecular flexibility index (Phi) is 6.88. The van der Waals surface area contributed by atoms with Gasteiger partial charge >= 0.3 is 6.01 Å². The quantitative estimate of drug-likeness (QED) is 0.675. The van der Waals surface area contributed by atoms with Crippen molar-refractivity contribution in [1.82, 2.24) is 15.0 Å². The summed E-state index contributed by atoms with van der Waals surface area (Å²) in [7, 11) is 5.49. The lowest BCUT2D eigenvalue weighted by Gasteiger charge is -2.12. The zero-order valence-corrected chi connectivity index (χ0v) is 12.1. The summed E-state index contributed by atoms with van der Waals surface area (Å²) in [6.07, 6.45) is 2.20. The second-order valence-corrected chi connectivity index (χ2v) is 4.20. The molecule has 0 aliphatic heterocycles. The predicted molar refractivity (Wildman–Crippen MR) is 74.9 cm³/mol. The number of nitrogens with zero attached hydrogens (tertiary/aromatic N) is 4. The summed E-state index contributed by atoms with van der Waals surface area (Å²) >= 11 is 0. The largest absolute Gasteiger partial charge is 0.461 e. The van der Waals surface area contributed by atoms with E-state index in [-0.39, 0.29) is 0 Å². The number of nitrogens with one attached hydrogen (secondary N) is 1. The van der Waals surface area contributed by atoms with E-state index in [1.807, 2.05) is 14.1 Å². The fourth-order valence-corrected chi connectivity index (χ4v) is 1.26. The van der Waals surface area contributed by atoms with Crippen LogP contribution in [0.3, 0.4) is 0 Å². The van der Waals surface area contributed by atoms with Gasteiger partial charge in [-0.25, -0.2) is 0 Å². The van der Waals surface area contributed by atoms with Gasteiger partial charge in [0.25, 0.3) is 0 Å². The number of anilines is 2. The molecule has 1 aromatic rings. The molecule has 0 atom stereocenters. The molecule has 0 spiro atoms. The minimum Gasteiger partial charge on any atom is -0.461 e. The van der Waals surface area contributed by atoms with Crippen LogP contribution in [0.15, 0.2) is 0 Å². The van der Waals surface area contributed by atoms with Crippen molar-refractivity contribution in [3.8, 4) is 6.01 Å². The highest BCUT2D eigenvalue weighted by atomic mass is 16.5. The molecular weight excluding hydrogens is 246 g/mol. The van der Waals surface area contributed by atoms with Crippen molar-refractivity contribution in [2.75, 3.05) is 51.2 Å². The monoisotopic (exact) mass is 269 g/mol. The van der Waals surface area contributed by atoms with E-state index in [9.17, 15) is 0 Å². The van der Waals surface area contributed by atoms with Crippen LogP contribution in [0.25, 0.3) is 0 Å². The lowest BCUT2D eigenvalue weighted by molar-refractivity contribution is 0.0948. The van der Waals surface area contributed by atoms with Crippen LogP contribution in [-0.4, -0.2) is 55.9 Å². The Hall–Kier alpha value is -1.63. The topological polar surface area (TPSA) is 72.4 Å². The molecular formula is C12H23N5O2. The summed E-state index contributed by atoms with van der Waals surface area (Å²) in [6.45, 7) is 3.87. The molecule has 0 saturated heterocycles. The molecule has 1 rings (SSSR count). The van der Waals surface area contributed by atoms with Gasteiger partial charge in [0.15, 0.2) is 0 Å². The summed E-state index contributed by atoms with van der Waals surface area (Å²) in [4.78, 5) is 14.3. The maximum atomic E-state index is 5.47. The number of ether oxygens (including phenoxy) is 2. The minimum absolute atomic E-state index is 0.308. The van der Waals surface area contributed by atoms with Gasteiger partial charge in [-0.3, -0.25) is 0 Å². The molecule has 19 heavy (non-hydrogen) atoms. The smallest absolute Gasteiger partial charge is 0.323 e. The zero-order valence-electron chi connectivity index (χ0n) is 12.1. The molecule has 0 amide bonds. The second kappa shape index (κ2) is 8.47. The van der Waals surface area contributed by atoms with Gasteiger partial charge in [0, 0.05) is 27.7 Å². The molecule has 0 unspecified atom stereocenters. The van der Waals surface area contributed by atoms with Gasteiger partial charge in [-0.05, 0) is 6.42 Å². The number of hydrogen-bond donors (Lipinski definition) is 1. The van der Waals surface area contributed by atoms with E-state index in [1.54, 1.807) is 11.9 Å². The van der Waals surface area contributed by atoms with Crippen LogP contribution in [0.5, 0.6) is 6.01 Å². The van der Waals surface area contributed by atoms with E-state index >= 15 is 0 Å². The molecule has 7 heteroatoms. The first-order chi connectivity index (χ1) is 9.17. The third kappa shape index (κ3) is 5.69. The van der Waals surface area contributed by atoms with Crippen molar-refractivity contribution in [1.29, 1.82) is 0 Å². The van der Waals surface area contributed by atoms with Crippen LogP contribution in [0.1, 0.15) is 19.8 Å². The average Bonchev–Trinajstić information content (AvgIpc) is 2.42. The molecule has 7 nitrogen and oxygen atoms in total. The van der Waals surface area contributed by atoms with Crippen LogP contribution < -0.4 is 15.0 Å². The summed E-state index contributed by atoms with van der Waals surface area (Å²) < 4.78 is 10.9. The van der Waals surface area contributed by atoms with Crippen LogP contribution in [-0.2, 0) is 4.74 Å². The fraction of sp³-hybridized carbons (Fsp3) is 0.750. The SMILES string of the molecule is CCCCOCCOc1nc(NC)nc(N(C)C)n1. The van der Waals surface area contributed by atoms with Gasteiger partial charge < -0.3 is 19.7 Å². The Labute approximate surface area is 114 Å². The molecule has 0 aliphatic rings. The maximum Gasteiger partial charge on any atom is 0.323 e. The van der Waals surface area contributed by atoms with E-state index in [2.05, 4.69) is 27.2 Å². The van der Waals surface area contributed by atoms with Gasteiger partial charge in [0.05, 0.1) is 6.61 Å². The zero-order chi connectivity index (χ0) is 14.1. The molecule has 0 aromatic carbocycles. The number of aromatic nitrogens is 3. The second-order valence-electron chi connectivity index (χ2n) is 4.20. The van der Waals surface area contributed by atoms with E-state index in [0.717, 1.165) is 19.4 Å². The lowest BCUT2D eigenvalue weighted by atomic mass is 10.4. The van der Waals surface area contributed by atoms with E-state index < -0.39 is 0 Å². The average molecular weight is 269 g/mol. The van der Waals surface area contributed by atoms with Crippen LogP contribution in [0.2, 0.25) is 0 Å². The number of rotatable bonds is 9. The van der Waals surface area contributed by atoms with Crippen molar-refractivity contribution < 1.29 is 9.47 Å². The van der Waals surface area contributed by atoms with Gasteiger partial charge in [0.1, 0.15) is 6.61 Å². The molecule has 1 aromatic heterocycles. The van der Waals surface area contributed by atoms with Crippen LogP contribution in [0.4, 0.5) is 11.9 Å². The third-order valence-corrected chi connectivity index (χ3v) is 2.33. The van der Waals surface area contributed by atoms with Crippen molar-refractivity contribution in [3.63, 3.8) is 0 Å². The third-order valence-electron chi connectivity index (χ3n) is 2.33. The summed E-state index contributed by atoms with van der Waals surface area (Å²) in [5, 5.41) is 2.88. The first-order valence-corrected chi connectivity index (χ1v) is 6.49. The van der Waals surface area contributed by atoms with Gasteiger partial charge in [-0.1, -0.05) is 13.3 Å². The molecule has 0 radical (unpaired) electrons. The van der Waals surface area contributed by atoms with Crippen LogP contribution in [0, 0.1) is 0 Å². The Balaban J connectivity index is 2.46. The first kappa shape index (κ1) is 15.4. The first-order valence-electron chi connectivity index (χ1n) is 6.49. The predicted octanol–water partition coefficient (Wildman–Crippen LogP) is 1.17. The van der Waals surface area contributed by atoms with Gasteiger partial charge in [0.2, 0.25) is 11.9 Å². The van der Waals surface area contributed by atoms with Crippen molar-refractivity contribution in [2.45, 2.75) is 19.8 Å². The Morgan fingerprint density at radius 3 is 2.53 bits per heavy atom. The fourth-order valence-electron chi connectivity index (χ4n) is 1.26. The molecule has 0 fully saturated rings. The molecule has 0 saturated carbocycles. The molecule has 108 valence electrons. The highest BCUT2D eigenvalue weighted by Crippen LogP contribution is 2.12. The maximum absolute atomic E-state index is 5.47. The van der Waals surface area contributed by atoms with Crippen molar-refractivity contribution in [3.05, 3.63) is 0 Å². The molecule has 0 aliphatic carbocycles. The van der Waals surface area contributed by atoms with Crippen molar-refractivity contribution in [2.24, 2.45) is 0 Å². The Morgan fingerprint density at radius 1 is 1.11 bits per heavy atom. The van der Waals surface area contributed by atoms with E-state index in [1.165, 1.54) is 0 Å². The normalized spacial score (nSPS) is 10.3. The van der Waals surface area contributed by atoms with Gasteiger partial charge in [-0.15, -0.1) is 0 Å². The summed E-state index contributed by atoms with van der Waals surface area (Å²) in [5.41, 5.74) is 0. The Morgan fingerprint density at radius 2 is 1.89 bits per heavy atom. The standard InChI is InChI=1S/C12H23N5O2/c1-5-6-7-18-8-9-19-12-15-10(13-2)14-11(16-12)17(3)4/h5-9H2,1-4H3,(H,13,14,15,16). The van der Waals surface area contributed by atoms with E-state index in [0.29, 0.717) is 31.1 Å². The molecule has 1 heterocycles. The summed E-state index contributed by atoms with van der Waals surface area (Å²) in [6, 6.07) is 0.308. The number of unbranched alkanes of at least 4 members (excludes halogenated alkanes) is 1. The lowest BCUT2D eigenvalue weighted by Crippen LogP contribution is -2.16. The highest BCUT2D eigenvalue weighted by molar-refractivity contribution is 5.36. The van der Waals surface area contributed by atoms with Crippen LogP contribution >= 0.6 is 0 Å². The van der Waals surface area contributed by atoms with Crippen molar-refractivity contribution >= 4 is 11.9 Å². The van der Waals surface area contributed by atoms with Gasteiger partial charge in [-0.2, -0.15) is 15.0 Å². The Bertz CT molecular complexity index is 373.